The van der Waals surface area contributed by atoms with Crippen LogP contribution in [0.3, 0.4) is 0 Å². The van der Waals surface area contributed by atoms with E-state index in [9.17, 15) is 0 Å². The van der Waals surface area contributed by atoms with Crippen molar-refractivity contribution in [3.05, 3.63) is 18.2 Å². The maximum Gasteiger partial charge on any atom is 0.131 e. The van der Waals surface area contributed by atoms with Gasteiger partial charge in [-0.1, -0.05) is 13.0 Å². The summed E-state index contributed by atoms with van der Waals surface area (Å²) in [5, 5.41) is 3.33. The summed E-state index contributed by atoms with van der Waals surface area (Å²) in [5.41, 5.74) is 0. The predicted molar refractivity (Wildman–Crippen MR) is 75.2 cm³/mol. The fourth-order valence-corrected chi connectivity index (χ4v) is 2.32. The summed E-state index contributed by atoms with van der Waals surface area (Å²) in [5.74, 6) is 2.00. The van der Waals surface area contributed by atoms with E-state index in [1.807, 2.05) is 6.07 Å². The first-order valence-electron chi connectivity index (χ1n) is 6.80. The molecule has 0 aliphatic carbocycles. The van der Waals surface area contributed by atoms with E-state index in [1.54, 1.807) is 0 Å². The molecule has 4 heteroatoms. The Labute approximate surface area is 109 Å². The lowest BCUT2D eigenvalue weighted by molar-refractivity contribution is -0.00545. The highest BCUT2D eigenvalue weighted by molar-refractivity contribution is 5.47. The van der Waals surface area contributed by atoms with Crippen LogP contribution in [-0.4, -0.2) is 36.8 Å². The fraction of sp³-hybridized carbons (Fsp3) is 0.643. The smallest absolute Gasteiger partial charge is 0.131 e. The third-order valence-electron chi connectivity index (χ3n) is 3.03. The summed E-state index contributed by atoms with van der Waals surface area (Å²) in [6.45, 7) is 9.17. The van der Waals surface area contributed by atoms with Crippen LogP contribution >= 0.6 is 0 Å². The van der Waals surface area contributed by atoms with Gasteiger partial charge >= 0.3 is 0 Å². The molecule has 0 radical (unpaired) electrons. The predicted octanol–water partition coefficient (Wildman–Crippen LogP) is 2.52. The molecule has 1 aliphatic heterocycles. The number of ether oxygens (including phenoxy) is 1. The van der Waals surface area contributed by atoms with Crippen LogP contribution in [0, 0.1) is 0 Å². The van der Waals surface area contributed by atoms with Crippen LogP contribution in [0.2, 0.25) is 0 Å². The van der Waals surface area contributed by atoms with E-state index < -0.39 is 0 Å². The number of nitrogens with zero attached hydrogens (tertiary/aromatic N) is 2. The van der Waals surface area contributed by atoms with Gasteiger partial charge in [-0.3, -0.25) is 0 Å². The SMILES string of the molecule is CCCNc1cccc(N2C[C@@H](C)O[C@@H](C)C2)n1. The zero-order chi connectivity index (χ0) is 13.0. The Bertz CT molecular complexity index is 373. The molecular formula is C14H23N3O. The molecule has 1 aromatic heterocycles. The molecule has 0 amide bonds. The zero-order valence-electron chi connectivity index (χ0n) is 11.5. The van der Waals surface area contributed by atoms with E-state index in [1.165, 1.54) is 0 Å². The molecule has 1 aromatic rings. The molecule has 18 heavy (non-hydrogen) atoms. The number of pyridine rings is 1. The number of rotatable bonds is 4. The summed E-state index contributed by atoms with van der Waals surface area (Å²) in [6, 6.07) is 6.15. The molecular weight excluding hydrogens is 226 g/mol. The van der Waals surface area contributed by atoms with Gasteiger partial charge in [-0.2, -0.15) is 0 Å². The quantitative estimate of drug-likeness (QED) is 0.889. The Kier molecular flexibility index (Phi) is 4.42. The first-order valence-corrected chi connectivity index (χ1v) is 6.80. The van der Waals surface area contributed by atoms with Gasteiger partial charge in [0.2, 0.25) is 0 Å². The summed E-state index contributed by atoms with van der Waals surface area (Å²) >= 11 is 0. The lowest BCUT2D eigenvalue weighted by Crippen LogP contribution is -2.45. The third kappa shape index (κ3) is 3.35. The maximum absolute atomic E-state index is 5.75. The first-order chi connectivity index (χ1) is 8.69. The highest BCUT2D eigenvalue weighted by atomic mass is 16.5. The Morgan fingerprint density at radius 3 is 2.72 bits per heavy atom. The molecule has 0 saturated carbocycles. The minimum absolute atomic E-state index is 0.266. The monoisotopic (exact) mass is 249 g/mol. The summed E-state index contributed by atoms with van der Waals surface area (Å²) < 4.78 is 5.75. The molecule has 1 saturated heterocycles. The Balaban J connectivity index is 2.07. The van der Waals surface area contributed by atoms with Crippen molar-refractivity contribution < 1.29 is 4.74 Å². The number of hydrogen-bond donors (Lipinski definition) is 1. The zero-order valence-corrected chi connectivity index (χ0v) is 11.5. The van der Waals surface area contributed by atoms with Crippen LogP contribution in [-0.2, 0) is 4.74 Å². The first kappa shape index (κ1) is 13.1. The Hall–Kier alpha value is -1.29. The van der Waals surface area contributed by atoms with Crippen LogP contribution in [0.4, 0.5) is 11.6 Å². The lowest BCUT2D eigenvalue weighted by atomic mass is 10.2. The number of anilines is 2. The molecule has 0 bridgehead atoms. The largest absolute Gasteiger partial charge is 0.372 e. The van der Waals surface area contributed by atoms with Gasteiger partial charge in [0.05, 0.1) is 12.2 Å². The topological polar surface area (TPSA) is 37.4 Å². The van der Waals surface area contributed by atoms with Gasteiger partial charge in [0.25, 0.3) is 0 Å². The van der Waals surface area contributed by atoms with Gasteiger partial charge in [0, 0.05) is 19.6 Å². The molecule has 100 valence electrons. The third-order valence-corrected chi connectivity index (χ3v) is 3.03. The van der Waals surface area contributed by atoms with Crippen molar-refractivity contribution in [1.82, 2.24) is 4.98 Å². The second-order valence-corrected chi connectivity index (χ2v) is 4.97. The van der Waals surface area contributed by atoms with Crippen LogP contribution in [0.15, 0.2) is 18.2 Å². The molecule has 0 aromatic carbocycles. The van der Waals surface area contributed by atoms with E-state index in [0.717, 1.165) is 37.7 Å². The Morgan fingerprint density at radius 1 is 1.33 bits per heavy atom. The number of nitrogens with one attached hydrogen (secondary N) is 1. The van der Waals surface area contributed by atoms with E-state index in [4.69, 9.17) is 4.74 Å². The number of morpholine rings is 1. The maximum atomic E-state index is 5.75. The van der Waals surface area contributed by atoms with E-state index in [0.29, 0.717) is 0 Å². The van der Waals surface area contributed by atoms with Crippen molar-refractivity contribution in [2.75, 3.05) is 29.9 Å². The van der Waals surface area contributed by atoms with E-state index in [-0.39, 0.29) is 12.2 Å². The van der Waals surface area contributed by atoms with Gasteiger partial charge in [-0.15, -0.1) is 0 Å². The van der Waals surface area contributed by atoms with Crippen LogP contribution in [0.25, 0.3) is 0 Å². The second-order valence-electron chi connectivity index (χ2n) is 4.97. The van der Waals surface area contributed by atoms with Crippen molar-refractivity contribution >= 4 is 11.6 Å². The van der Waals surface area contributed by atoms with Crippen molar-refractivity contribution in [2.45, 2.75) is 39.4 Å². The molecule has 2 heterocycles. The molecule has 1 aliphatic rings. The standard InChI is InChI=1S/C14H23N3O/c1-4-8-15-13-6-5-7-14(16-13)17-9-11(2)18-12(3)10-17/h5-7,11-12H,4,8-10H2,1-3H3,(H,15,16)/t11-,12+. The highest BCUT2D eigenvalue weighted by Gasteiger charge is 2.23. The number of aromatic nitrogens is 1. The van der Waals surface area contributed by atoms with Crippen molar-refractivity contribution in [1.29, 1.82) is 0 Å². The lowest BCUT2D eigenvalue weighted by Gasteiger charge is -2.36. The van der Waals surface area contributed by atoms with Crippen molar-refractivity contribution in [2.24, 2.45) is 0 Å². The van der Waals surface area contributed by atoms with Crippen LogP contribution in [0.5, 0.6) is 0 Å². The minimum Gasteiger partial charge on any atom is -0.372 e. The fourth-order valence-electron chi connectivity index (χ4n) is 2.32. The van der Waals surface area contributed by atoms with Crippen molar-refractivity contribution in [3.63, 3.8) is 0 Å². The highest BCUT2D eigenvalue weighted by Crippen LogP contribution is 2.19. The minimum atomic E-state index is 0.266. The summed E-state index contributed by atoms with van der Waals surface area (Å²) in [6.07, 6.45) is 1.64. The van der Waals surface area contributed by atoms with Gasteiger partial charge in [0.15, 0.2) is 0 Å². The van der Waals surface area contributed by atoms with Gasteiger partial charge < -0.3 is 15.0 Å². The molecule has 1 N–H and O–H groups in total. The van der Waals surface area contributed by atoms with E-state index >= 15 is 0 Å². The average molecular weight is 249 g/mol. The summed E-state index contributed by atoms with van der Waals surface area (Å²) in [7, 11) is 0. The average Bonchev–Trinajstić information content (AvgIpc) is 2.35. The normalized spacial score (nSPS) is 24.1. The molecule has 2 rings (SSSR count). The van der Waals surface area contributed by atoms with E-state index in [2.05, 4.69) is 48.1 Å². The van der Waals surface area contributed by atoms with Gasteiger partial charge in [-0.25, -0.2) is 4.98 Å². The molecule has 0 spiro atoms. The molecule has 2 atom stereocenters. The molecule has 0 unspecified atom stereocenters. The summed E-state index contributed by atoms with van der Waals surface area (Å²) in [4.78, 5) is 6.96. The van der Waals surface area contributed by atoms with Crippen molar-refractivity contribution in [3.8, 4) is 0 Å². The second kappa shape index (κ2) is 6.05. The van der Waals surface area contributed by atoms with Crippen LogP contribution < -0.4 is 10.2 Å². The van der Waals surface area contributed by atoms with Crippen LogP contribution in [0.1, 0.15) is 27.2 Å². The number of hydrogen-bond acceptors (Lipinski definition) is 4. The Morgan fingerprint density at radius 2 is 2.06 bits per heavy atom. The van der Waals surface area contributed by atoms with Gasteiger partial charge in [-0.05, 0) is 32.4 Å². The molecule has 1 fully saturated rings. The van der Waals surface area contributed by atoms with Gasteiger partial charge in [0.1, 0.15) is 11.6 Å². The molecule has 4 nitrogen and oxygen atoms in total.